The second-order valence-electron chi connectivity index (χ2n) is 5.80. The van der Waals surface area contributed by atoms with Gasteiger partial charge in [0.1, 0.15) is 0 Å². The fraction of sp³-hybridized carbons (Fsp3) is 0.625. The zero-order chi connectivity index (χ0) is 14.5. The minimum Gasteiger partial charge on any atom is -0.312 e. The van der Waals surface area contributed by atoms with Gasteiger partial charge in [0.25, 0.3) is 0 Å². The van der Waals surface area contributed by atoms with Gasteiger partial charge in [0.15, 0.2) is 0 Å². The zero-order valence-corrected chi connectivity index (χ0v) is 14.4. The molecule has 0 radical (unpaired) electrons. The lowest BCUT2D eigenvalue weighted by molar-refractivity contribution is 0.0881. The van der Waals surface area contributed by atoms with Crippen molar-refractivity contribution in [1.29, 1.82) is 0 Å². The number of likely N-dealkylation sites (N-methyl/N-ethyl adjacent to an activating group) is 3. The molecule has 0 bridgehead atoms. The normalized spacial score (nSPS) is 22.9. The summed E-state index contributed by atoms with van der Waals surface area (Å²) in [5, 5.41) is 3.69. The van der Waals surface area contributed by atoms with Crippen molar-refractivity contribution < 1.29 is 0 Å². The van der Waals surface area contributed by atoms with E-state index in [1.54, 1.807) is 0 Å². The SMILES string of the molecule is CCNC(Cc1ccc(Br)cc1)C1CN(C)CCN1C. The third kappa shape index (κ3) is 4.29. The summed E-state index contributed by atoms with van der Waals surface area (Å²) in [7, 11) is 4.48. The summed E-state index contributed by atoms with van der Waals surface area (Å²) in [6, 6.07) is 9.80. The molecule has 1 aliphatic rings. The molecule has 1 aliphatic heterocycles. The highest BCUT2D eigenvalue weighted by atomic mass is 79.9. The number of halogens is 1. The van der Waals surface area contributed by atoms with Crippen molar-refractivity contribution in [2.24, 2.45) is 0 Å². The molecule has 0 aromatic heterocycles. The first-order valence-corrected chi connectivity index (χ1v) is 8.26. The van der Waals surface area contributed by atoms with Gasteiger partial charge in [-0.15, -0.1) is 0 Å². The monoisotopic (exact) mass is 339 g/mol. The molecule has 3 nitrogen and oxygen atoms in total. The summed E-state index contributed by atoms with van der Waals surface area (Å²) in [6.45, 7) is 6.69. The summed E-state index contributed by atoms with van der Waals surface area (Å²) < 4.78 is 1.15. The van der Waals surface area contributed by atoms with Crippen molar-refractivity contribution in [2.45, 2.75) is 25.4 Å². The third-order valence-corrected chi connectivity index (χ3v) is 4.73. The topological polar surface area (TPSA) is 18.5 Å². The van der Waals surface area contributed by atoms with Crippen molar-refractivity contribution in [1.82, 2.24) is 15.1 Å². The van der Waals surface area contributed by atoms with E-state index in [2.05, 4.69) is 76.3 Å². The third-order valence-electron chi connectivity index (χ3n) is 4.20. The van der Waals surface area contributed by atoms with Crippen LogP contribution in [0.25, 0.3) is 0 Å². The Balaban J connectivity index is 2.07. The van der Waals surface area contributed by atoms with Crippen LogP contribution in [-0.2, 0) is 6.42 Å². The zero-order valence-electron chi connectivity index (χ0n) is 12.8. The Bertz CT molecular complexity index is 407. The van der Waals surface area contributed by atoms with Gasteiger partial charge in [-0.05, 0) is 44.8 Å². The summed E-state index contributed by atoms with van der Waals surface area (Å²) in [5.74, 6) is 0. The largest absolute Gasteiger partial charge is 0.312 e. The standard InChI is InChI=1S/C16H26BrN3/c1-4-18-15(11-13-5-7-14(17)8-6-13)16-12-19(2)9-10-20(16)3/h5-8,15-16,18H,4,9-12H2,1-3H3. The van der Waals surface area contributed by atoms with Gasteiger partial charge in [-0.1, -0.05) is 35.0 Å². The summed E-state index contributed by atoms with van der Waals surface area (Å²) >= 11 is 3.51. The van der Waals surface area contributed by atoms with E-state index in [0.717, 1.165) is 30.5 Å². The Morgan fingerprint density at radius 3 is 2.60 bits per heavy atom. The summed E-state index contributed by atoms with van der Waals surface area (Å²) in [6.07, 6.45) is 1.09. The molecule has 0 saturated carbocycles. The van der Waals surface area contributed by atoms with Crippen molar-refractivity contribution in [2.75, 3.05) is 40.3 Å². The van der Waals surface area contributed by atoms with E-state index in [-0.39, 0.29) is 0 Å². The molecule has 2 rings (SSSR count). The van der Waals surface area contributed by atoms with Crippen LogP contribution < -0.4 is 5.32 Å². The Kier molecular flexibility index (Phi) is 6.02. The van der Waals surface area contributed by atoms with Gasteiger partial charge < -0.3 is 10.2 Å². The minimum absolute atomic E-state index is 0.508. The van der Waals surface area contributed by atoms with Crippen LogP contribution in [0.4, 0.5) is 0 Å². The first-order valence-electron chi connectivity index (χ1n) is 7.46. The quantitative estimate of drug-likeness (QED) is 0.887. The molecule has 0 amide bonds. The number of hydrogen-bond donors (Lipinski definition) is 1. The minimum atomic E-state index is 0.508. The van der Waals surface area contributed by atoms with Gasteiger partial charge in [0.2, 0.25) is 0 Å². The molecule has 1 saturated heterocycles. The van der Waals surface area contributed by atoms with Crippen LogP contribution in [0, 0.1) is 0 Å². The van der Waals surface area contributed by atoms with Gasteiger partial charge in [-0.2, -0.15) is 0 Å². The van der Waals surface area contributed by atoms with E-state index in [0.29, 0.717) is 12.1 Å². The molecule has 0 spiro atoms. The molecule has 2 unspecified atom stereocenters. The van der Waals surface area contributed by atoms with Crippen LogP contribution in [0.2, 0.25) is 0 Å². The fourth-order valence-electron chi connectivity index (χ4n) is 2.96. The highest BCUT2D eigenvalue weighted by Crippen LogP contribution is 2.16. The highest BCUT2D eigenvalue weighted by Gasteiger charge is 2.29. The summed E-state index contributed by atoms with van der Waals surface area (Å²) in [4.78, 5) is 4.95. The van der Waals surface area contributed by atoms with Gasteiger partial charge in [-0.3, -0.25) is 4.90 Å². The molecule has 4 heteroatoms. The number of benzene rings is 1. The van der Waals surface area contributed by atoms with Crippen LogP contribution in [0.5, 0.6) is 0 Å². The molecule has 1 heterocycles. The second kappa shape index (κ2) is 7.55. The molecular weight excluding hydrogens is 314 g/mol. The van der Waals surface area contributed by atoms with Gasteiger partial charge in [0, 0.05) is 36.2 Å². The van der Waals surface area contributed by atoms with E-state index < -0.39 is 0 Å². The van der Waals surface area contributed by atoms with Crippen LogP contribution in [0.3, 0.4) is 0 Å². The second-order valence-corrected chi connectivity index (χ2v) is 6.72. The van der Waals surface area contributed by atoms with Crippen molar-refractivity contribution in [3.05, 3.63) is 34.3 Å². The number of nitrogens with zero attached hydrogens (tertiary/aromatic N) is 2. The van der Waals surface area contributed by atoms with Gasteiger partial charge in [0.05, 0.1) is 0 Å². The number of rotatable bonds is 5. The number of hydrogen-bond acceptors (Lipinski definition) is 3. The van der Waals surface area contributed by atoms with Gasteiger partial charge >= 0.3 is 0 Å². The van der Waals surface area contributed by atoms with Crippen molar-refractivity contribution >= 4 is 15.9 Å². The van der Waals surface area contributed by atoms with Gasteiger partial charge in [-0.25, -0.2) is 0 Å². The van der Waals surface area contributed by atoms with E-state index >= 15 is 0 Å². The van der Waals surface area contributed by atoms with E-state index in [1.807, 2.05) is 0 Å². The Morgan fingerprint density at radius 1 is 1.25 bits per heavy atom. The molecule has 1 N–H and O–H groups in total. The first-order chi connectivity index (χ1) is 9.60. The average molecular weight is 340 g/mol. The Labute approximate surface area is 131 Å². The Morgan fingerprint density at radius 2 is 1.95 bits per heavy atom. The average Bonchev–Trinajstić information content (AvgIpc) is 2.43. The maximum atomic E-state index is 3.69. The fourth-order valence-corrected chi connectivity index (χ4v) is 3.22. The number of piperazine rings is 1. The lowest BCUT2D eigenvalue weighted by Crippen LogP contribution is -2.59. The van der Waals surface area contributed by atoms with Crippen LogP contribution in [0.15, 0.2) is 28.7 Å². The lowest BCUT2D eigenvalue weighted by atomic mass is 9.96. The Hall–Kier alpha value is -0.420. The molecule has 112 valence electrons. The van der Waals surface area contributed by atoms with Crippen LogP contribution in [0.1, 0.15) is 12.5 Å². The highest BCUT2D eigenvalue weighted by molar-refractivity contribution is 9.10. The summed E-state index contributed by atoms with van der Waals surface area (Å²) in [5.41, 5.74) is 1.40. The molecule has 2 atom stereocenters. The number of nitrogens with one attached hydrogen (secondary N) is 1. The van der Waals surface area contributed by atoms with Crippen molar-refractivity contribution in [3.8, 4) is 0 Å². The molecule has 20 heavy (non-hydrogen) atoms. The molecule has 1 fully saturated rings. The smallest absolute Gasteiger partial charge is 0.0377 e. The molecular formula is C16H26BrN3. The maximum absolute atomic E-state index is 3.69. The van der Waals surface area contributed by atoms with E-state index in [1.165, 1.54) is 12.1 Å². The van der Waals surface area contributed by atoms with Crippen molar-refractivity contribution in [3.63, 3.8) is 0 Å². The van der Waals surface area contributed by atoms with Crippen LogP contribution in [-0.4, -0.2) is 62.2 Å². The maximum Gasteiger partial charge on any atom is 0.0377 e. The molecule has 1 aromatic rings. The predicted molar refractivity (Wildman–Crippen MR) is 89.2 cm³/mol. The molecule has 1 aromatic carbocycles. The lowest BCUT2D eigenvalue weighted by Gasteiger charge is -2.42. The van der Waals surface area contributed by atoms with E-state index in [9.17, 15) is 0 Å². The molecule has 0 aliphatic carbocycles. The first kappa shape index (κ1) is 16.0. The van der Waals surface area contributed by atoms with Crippen LogP contribution >= 0.6 is 15.9 Å². The predicted octanol–water partition coefficient (Wildman–Crippen LogP) is 2.22. The van der Waals surface area contributed by atoms with E-state index in [4.69, 9.17) is 0 Å².